The van der Waals surface area contributed by atoms with E-state index >= 15 is 0 Å². The van der Waals surface area contributed by atoms with Crippen LogP contribution in [0.5, 0.6) is 0 Å². The highest BCUT2D eigenvalue weighted by atomic mass is 16.4. The second kappa shape index (κ2) is 12.6. The van der Waals surface area contributed by atoms with Crippen LogP contribution >= 0.6 is 0 Å². The zero-order valence-corrected chi connectivity index (χ0v) is 29.7. The minimum atomic E-state index is 0.588. The molecule has 0 atom stereocenters. The van der Waals surface area contributed by atoms with E-state index in [0.717, 1.165) is 66.8 Å². The molecule has 0 bridgehead atoms. The Labute approximate surface area is 317 Å². The summed E-state index contributed by atoms with van der Waals surface area (Å²) >= 11 is 0. The molecule has 11 aromatic rings. The minimum Gasteiger partial charge on any atom is -0.456 e. The number of fused-ring (bicyclic) bond motifs is 7. The number of para-hydroxylation sites is 1. The molecule has 0 spiro atoms. The SMILES string of the molecule is c1ccc(-c2nc3cc4oc5cccc(N(c6ccc(-c7cc8ccccc8c8ccccc78)cc6)c6ccccc6-c6ccccc6)c5c4cc3o2)cc1. The maximum atomic E-state index is 6.60. The average molecular weight is 705 g/mol. The zero-order valence-electron chi connectivity index (χ0n) is 29.7. The molecule has 4 nitrogen and oxygen atoms in total. The van der Waals surface area contributed by atoms with Gasteiger partial charge in [-0.15, -0.1) is 0 Å². The van der Waals surface area contributed by atoms with Crippen molar-refractivity contribution in [2.45, 2.75) is 0 Å². The van der Waals surface area contributed by atoms with Crippen molar-refractivity contribution in [1.29, 1.82) is 0 Å². The summed E-state index contributed by atoms with van der Waals surface area (Å²) < 4.78 is 13.0. The average Bonchev–Trinajstić information content (AvgIpc) is 3.85. The fraction of sp³-hybridized carbons (Fsp3) is 0. The first-order valence-electron chi connectivity index (χ1n) is 18.5. The quantitative estimate of drug-likeness (QED) is 0.162. The highest BCUT2D eigenvalue weighted by molar-refractivity contribution is 6.17. The lowest BCUT2D eigenvalue weighted by molar-refractivity contribution is 0.620. The lowest BCUT2D eigenvalue weighted by atomic mass is 9.93. The molecule has 258 valence electrons. The van der Waals surface area contributed by atoms with Crippen molar-refractivity contribution in [3.05, 3.63) is 194 Å². The predicted molar refractivity (Wildman–Crippen MR) is 227 cm³/mol. The van der Waals surface area contributed by atoms with Crippen LogP contribution in [0.2, 0.25) is 0 Å². The van der Waals surface area contributed by atoms with Crippen molar-refractivity contribution < 1.29 is 8.83 Å². The van der Waals surface area contributed by atoms with Gasteiger partial charge >= 0.3 is 0 Å². The van der Waals surface area contributed by atoms with Crippen molar-refractivity contribution >= 4 is 71.6 Å². The standard InChI is InChI=1S/C51H32N2O2/c1-3-14-33(15-4-1)39-20-11-12-23-45(39)53(37-28-26-34(27-29-37)42-30-36-18-7-8-19-38(36)40-21-9-10-22-41(40)42)46-24-13-25-47-50(46)43-31-49-44(32-48(43)54-47)52-51(55-49)35-16-5-2-6-17-35/h1-32H. The van der Waals surface area contributed by atoms with E-state index in [-0.39, 0.29) is 0 Å². The molecule has 9 aromatic carbocycles. The van der Waals surface area contributed by atoms with E-state index in [4.69, 9.17) is 13.8 Å². The number of hydrogen-bond acceptors (Lipinski definition) is 4. The number of aromatic nitrogens is 1. The van der Waals surface area contributed by atoms with Crippen LogP contribution in [-0.2, 0) is 0 Å². The van der Waals surface area contributed by atoms with Gasteiger partial charge in [0.15, 0.2) is 5.58 Å². The summed E-state index contributed by atoms with van der Waals surface area (Å²) in [6, 6.07) is 68.2. The summed E-state index contributed by atoms with van der Waals surface area (Å²) in [5, 5.41) is 6.97. The van der Waals surface area contributed by atoms with Crippen LogP contribution in [0.4, 0.5) is 17.1 Å². The summed E-state index contributed by atoms with van der Waals surface area (Å²) in [4.78, 5) is 7.20. The number of anilines is 3. The fourth-order valence-electron chi connectivity index (χ4n) is 8.14. The van der Waals surface area contributed by atoms with Gasteiger partial charge < -0.3 is 13.7 Å². The maximum Gasteiger partial charge on any atom is 0.227 e. The minimum absolute atomic E-state index is 0.588. The van der Waals surface area contributed by atoms with Gasteiger partial charge in [0, 0.05) is 28.3 Å². The Balaban J connectivity index is 1.12. The van der Waals surface area contributed by atoms with E-state index in [0.29, 0.717) is 11.5 Å². The monoisotopic (exact) mass is 704 g/mol. The predicted octanol–water partition coefficient (Wildman–Crippen LogP) is 14.5. The van der Waals surface area contributed by atoms with Gasteiger partial charge in [-0.05, 0) is 92.8 Å². The molecule has 0 amide bonds. The molecule has 2 heterocycles. The third kappa shape index (κ3) is 5.19. The van der Waals surface area contributed by atoms with Crippen molar-refractivity contribution in [2.75, 3.05) is 4.90 Å². The first-order valence-corrected chi connectivity index (χ1v) is 18.5. The Bertz CT molecular complexity index is 3200. The second-order valence-corrected chi connectivity index (χ2v) is 13.9. The molecule has 2 aromatic heterocycles. The Morgan fingerprint density at radius 1 is 0.382 bits per heavy atom. The number of hydrogen-bond donors (Lipinski definition) is 0. The molecule has 11 rings (SSSR count). The molecule has 0 fully saturated rings. The molecular weight excluding hydrogens is 673 g/mol. The third-order valence-electron chi connectivity index (χ3n) is 10.7. The highest BCUT2D eigenvalue weighted by Gasteiger charge is 2.23. The fourth-order valence-corrected chi connectivity index (χ4v) is 8.14. The molecule has 0 aliphatic heterocycles. The largest absolute Gasteiger partial charge is 0.456 e. The summed E-state index contributed by atoms with van der Waals surface area (Å²) in [6.07, 6.45) is 0. The van der Waals surface area contributed by atoms with Crippen molar-refractivity contribution in [2.24, 2.45) is 0 Å². The Morgan fingerprint density at radius 3 is 1.85 bits per heavy atom. The Kier molecular flexibility index (Phi) is 7.14. The normalized spacial score (nSPS) is 11.6. The number of furan rings is 1. The molecule has 0 saturated carbocycles. The van der Waals surface area contributed by atoms with Gasteiger partial charge in [-0.25, -0.2) is 4.98 Å². The van der Waals surface area contributed by atoms with E-state index in [1.54, 1.807) is 0 Å². The summed E-state index contributed by atoms with van der Waals surface area (Å²) in [5.74, 6) is 0.588. The third-order valence-corrected chi connectivity index (χ3v) is 10.7. The van der Waals surface area contributed by atoms with Crippen molar-refractivity contribution in [3.63, 3.8) is 0 Å². The molecule has 55 heavy (non-hydrogen) atoms. The Hall–Kier alpha value is -7.43. The topological polar surface area (TPSA) is 42.4 Å². The molecule has 0 saturated heterocycles. The van der Waals surface area contributed by atoms with Crippen LogP contribution in [0.3, 0.4) is 0 Å². The van der Waals surface area contributed by atoms with E-state index < -0.39 is 0 Å². The van der Waals surface area contributed by atoms with Crippen LogP contribution in [0.25, 0.3) is 88.3 Å². The van der Waals surface area contributed by atoms with Gasteiger partial charge in [0.2, 0.25) is 5.89 Å². The lowest BCUT2D eigenvalue weighted by Gasteiger charge is -2.28. The van der Waals surface area contributed by atoms with Crippen LogP contribution in [0.1, 0.15) is 0 Å². The summed E-state index contributed by atoms with van der Waals surface area (Å²) in [5.41, 5.74) is 11.7. The molecule has 0 radical (unpaired) electrons. The maximum absolute atomic E-state index is 6.60. The van der Waals surface area contributed by atoms with Crippen LogP contribution in [0, 0.1) is 0 Å². The van der Waals surface area contributed by atoms with E-state index in [1.807, 2.05) is 42.5 Å². The van der Waals surface area contributed by atoms with Gasteiger partial charge in [-0.1, -0.05) is 133 Å². The van der Waals surface area contributed by atoms with Gasteiger partial charge in [0.25, 0.3) is 0 Å². The second-order valence-electron chi connectivity index (χ2n) is 13.9. The molecule has 0 aliphatic rings. The lowest BCUT2D eigenvalue weighted by Crippen LogP contribution is -2.11. The van der Waals surface area contributed by atoms with Crippen LogP contribution in [-0.4, -0.2) is 4.98 Å². The number of benzene rings is 9. The molecular formula is C51H32N2O2. The highest BCUT2D eigenvalue weighted by Crippen LogP contribution is 2.47. The molecule has 0 aliphatic carbocycles. The Morgan fingerprint density at radius 2 is 1.04 bits per heavy atom. The van der Waals surface area contributed by atoms with E-state index in [1.165, 1.54) is 27.1 Å². The number of rotatable bonds is 6. The van der Waals surface area contributed by atoms with Gasteiger partial charge in [-0.2, -0.15) is 0 Å². The van der Waals surface area contributed by atoms with Gasteiger partial charge in [-0.3, -0.25) is 0 Å². The zero-order chi connectivity index (χ0) is 36.3. The molecule has 4 heteroatoms. The molecule has 0 unspecified atom stereocenters. The van der Waals surface area contributed by atoms with E-state index in [9.17, 15) is 0 Å². The van der Waals surface area contributed by atoms with Gasteiger partial charge in [0.05, 0.1) is 16.8 Å². The summed E-state index contributed by atoms with van der Waals surface area (Å²) in [6.45, 7) is 0. The number of oxazole rings is 1. The van der Waals surface area contributed by atoms with Crippen molar-refractivity contribution in [3.8, 4) is 33.7 Å². The van der Waals surface area contributed by atoms with Crippen molar-refractivity contribution in [1.82, 2.24) is 4.98 Å². The first-order chi connectivity index (χ1) is 27.3. The smallest absolute Gasteiger partial charge is 0.227 e. The first kappa shape index (κ1) is 31.1. The van der Waals surface area contributed by atoms with Gasteiger partial charge in [0.1, 0.15) is 16.7 Å². The van der Waals surface area contributed by atoms with E-state index in [2.05, 4.69) is 157 Å². The van der Waals surface area contributed by atoms with Crippen LogP contribution < -0.4 is 4.90 Å². The summed E-state index contributed by atoms with van der Waals surface area (Å²) in [7, 11) is 0. The number of nitrogens with zero attached hydrogens (tertiary/aromatic N) is 2. The molecule has 0 N–H and O–H groups in total. The van der Waals surface area contributed by atoms with Crippen LogP contribution in [0.15, 0.2) is 203 Å².